The highest BCUT2D eigenvalue weighted by Gasteiger charge is 2.27. The molecule has 0 bridgehead atoms. The van der Waals surface area contributed by atoms with Crippen LogP contribution in [0.1, 0.15) is 36.7 Å². The fraction of sp³-hybridized carbons (Fsp3) is 0.526. The van der Waals surface area contributed by atoms with Crippen molar-refractivity contribution in [2.75, 3.05) is 26.7 Å². The van der Waals surface area contributed by atoms with E-state index < -0.39 is 0 Å². The van der Waals surface area contributed by atoms with Gasteiger partial charge in [0.05, 0.1) is 5.52 Å². The van der Waals surface area contributed by atoms with Crippen LogP contribution in [0.25, 0.3) is 10.9 Å². The van der Waals surface area contributed by atoms with E-state index in [9.17, 15) is 9.59 Å². The fourth-order valence-corrected chi connectivity index (χ4v) is 3.54. The van der Waals surface area contributed by atoms with E-state index in [0.717, 1.165) is 31.3 Å². The molecule has 0 saturated carbocycles. The van der Waals surface area contributed by atoms with E-state index in [0.29, 0.717) is 30.9 Å². The van der Waals surface area contributed by atoms with Gasteiger partial charge in [0, 0.05) is 25.0 Å². The maximum atomic E-state index is 12.9. The number of aryl methyl sites for hydroxylation is 1. The smallest absolute Gasteiger partial charge is 0.278 e. The number of benzene rings is 1. The van der Waals surface area contributed by atoms with Crippen LogP contribution in [0.5, 0.6) is 0 Å². The maximum Gasteiger partial charge on any atom is 0.278 e. The van der Waals surface area contributed by atoms with Crippen molar-refractivity contribution in [3.63, 3.8) is 0 Å². The molecule has 1 saturated heterocycles. The zero-order valence-corrected chi connectivity index (χ0v) is 15.0. The summed E-state index contributed by atoms with van der Waals surface area (Å²) in [4.78, 5) is 27.4. The van der Waals surface area contributed by atoms with Gasteiger partial charge in [-0.15, -0.1) is 0 Å². The number of carbonyl (C=O) groups is 1. The minimum absolute atomic E-state index is 0.0502. The third kappa shape index (κ3) is 3.58. The van der Waals surface area contributed by atoms with E-state index in [1.165, 1.54) is 0 Å². The number of hydrogen-bond donors (Lipinski definition) is 1. The number of hydrogen-bond acceptors (Lipinski definition) is 4. The Morgan fingerprint density at radius 3 is 2.68 bits per heavy atom. The summed E-state index contributed by atoms with van der Waals surface area (Å²) in [6.45, 7) is 4.99. The summed E-state index contributed by atoms with van der Waals surface area (Å²) in [6, 6.07) is 7.35. The predicted octanol–water partition coefficient (Wildman–Crippen LogP) is 1.88. The lowest BCUT2D eigenvalue weighted by atomic mass is 9.93. The van der Waals surface area contributed by atoms with Gasteiger partial charge in [0.1, 0.15) is 0 Å². The Bertz CT molecular complexity index is 807. The summed E-state index contributed by atoms with van der Waals surface area (Å²) in [7, 11) is 1.96. The Balaban J connectivity index is 1.84. The molecule has 1 aliphatic heterocycles. The molecule has 0 atom stereocenters. The van der Waals surface area contributed by atoms with Gasteiger partial charge in [-0.3, -0.25) is 14.3 Å². The molecule has 134 valence electrons. The molecule has 2 aromatic rings. The summed E-state index contributed by atoms with van der Waals surface area (Å²) in [5, 5.41) is 8.10. The van der Waals surface area contributed by atoms with Crippen molar-refractivity contribution >= 4 is 16.8 Å². The van der Waals surface area contributed by atoms with Gasteiger partial charge in [0.2, 0.25) is 5.43 Å². The van der Waals surface area contributed by atoms with Crippen LogP contribution >= 0.6 is 0 Å². The number of amides is 1. The summed E-state index contributed by atoms with van der Waals surface area (Å²) >= 11 is 0. The van der Waals surface area contributed by atoms with Crippen LogP contribution < -0.4 is 10.7 Å². The number of piperidine rings is 1. The predicted molar refractivity (Wildman–Crippen MR) is 98.8 cm³/mol. The first-order valence-electron chi connectivity index (χ1n) is 9.09. The van der Waals surface area contributed by atoms with Crippen molar-refractivity contribution in [2.24, 2.45) is 5.92 Å². The molecule has 6 heteroatoms. The summed E-state index contributed by atoms with van der Waals surface area (Å²) in [5.41, 5.74) is 0.564. The SMILES string of the molecule is CCn1nc(C(=O)N2CCC(CCNC)CC2)c(=O)c2ccccc21. The highest BCUT2D eigenvalue weighted by Crippen LogP contribution is 2.21. The van der Waals surface area contributed by atoms with Crippen LogP contribution in [0, 0.1) is 5.92 Å². The van der Waals surface area contributed by atoms with Gasteiger partial charge in [0.15, 0.2) is 5.69 Å². The van der Waals surface area contributed by atoms with Crippen molar-refractivity contribution in [3.05, 3.63) is 40.2 Å². The lowest BCUT2D eigenvalue weighted by Gasteiger charge is -2.31. The quantitative estimate of drug-likeness (QED) is 0.901. The van der Waals surface area contributed by atoms with Crippen molar-refractivity contribution < 1.29 is 4.79 Å². The molecule has 0 unspecified atom stereocenters. The summed E-state index contributed by atoms with van der Waals surface area (Å²) in [5.74, 6) is 0.415. The van der Waals surface area contributed by atoms with Crippen LogP contribution in [-0.2, 0) is 6.54 Å². The van der Waals surface area contributed by atoms with E-state index >= 15 is 0 Å². The zero-order chi connectivity index (χ0) is 17.8. The van der Waals surface area contributed by atoms with E-state index in [2.05, 4.69) is 10.4 Å². The largest absolute Gasteiger partial charge is 0.337 e. The molecular weight excluding hydrogens is 316 g/mol. The van der Waals surface area contributed by atoms with E-state index in [1.807, 2.05) is 32.2 Å². The van der Waals surface area contributed by atoms with Gasteiger partial charge >= 0.3 is 0 Å². The Hall–Kier alpha value is -2.21. The van der Waals surface area contributed by atoms with Crippen LogP contribution in [0.4, 0.5) is 0 Å². The summed E-state index contributed by atoms with van der Waals surface area (Å²) in [6.07, 6.45) is 3.11. The molecule has 1 amide bonds. The molecule has 0 spiro atoms. The minimum Gasteiger partial charge on any atom is -0.337 e. The molecule has 2 heterocycles. The maximum absolute atomic E-state index is 12.9. The van der Waals surface area contributed by atoms with Gasteiger partial charge in [-0.25, -0.2) is 0 Å². The van der Waals surface area contributed by atoms with Gasteiger partial charge in [-0.1, -0.05) is 12.1 Å². The highest BCUT2D eigenvalue weighted by molar-refractivity contribution is 5.95. The second-order valence-corrected chi connectivity index (χ2v) is 6.64. The van der Waals surface area contributed by atoms with E-state index in [-0.39, 0.29) is 17.0 Å². The average molecular weight is 342 g/mol. The number of rotatable bonds is 5. The second-order valence-electron chi connectivity index (χ2n) is 6.64. The Morgan fingerprint density at radius 2 is 2.00 bits per heavy atom. The van der Waals surface area contributed by atoms with Crippen molar-refractivity contribution in [1.82, 2.24) is 20.0 Å². The molecule has 3 rings (SSSR count). The average Bonchev–Trinajstić information content (AvgIpc) is 2.67. The van der Waals surface area contributed by atoms with Gasteiger partial charge in [-0.05, 0) is 57.8 Å². The molecule has 1 N–H and O–H groups in total. The third-order valence-electron chi connectivity index (χ3n) is 5.07. The van der Waals surface area contributed by atoms with Crippen LogP contribution in [0.3, 0.4) is 0 Å². The summed E-state index contributed by atoms with van der Waals surface area (Å²) < 4.78 is 1.74. The number of para-hydroxylation sites is 1. The monoisotopic (exact) mass is 342 g/mol. The first-order chi connectivity index (χ1) is 12.2. The standard InChI is InChI=1S/C19H26N4O2/c1-3-23-16-7-5-4-6-15(16)18(24)17(21-23)19(25)22-12-9-14(10-13-22)8-11-20-2/h4-7,14,20H,3,8-13H2,1-2H3. The van der Waals surface area contributed by atoms with Crippen LogP contribution in [0.2, 0.25) is 0 Å². The first kappa shape index (κ1) is 17.6. The molecule has 6 nitrogen and oxygen atoms in total. The van der Waals surface area contributed by atoms with Crippen molar-refractivity contribution in [2.45, 2.75) is 32.7 Å². The zero-order valence-electron chi connectivity index (χ0n) is 15.0. The highest BCUT2D eigenvalue weighted by atomic mass is 16.2. The molecule has 1 fully saturated rings. The Kier molecular flexibility index (Phi) is 5.48. The second kappa shape index (κ2) is 7.78. The number of aromatic nitrogens is 2. The minimum atomic E-state index is -0.261. The van der Waals surface area contributed by atoms with Gasteiger partial charge < -0.3 is 10.2 Å². The topological polar surface area (TPSA) is 67.2 Å². The lowest BCUT2D eigenvalue weighted by molar-refractivity contribution is 0.0677. The molecule has 1 aromatic carbocycles. The van der Waals surface area contributed by atoms with Gasteiger partial charge in [-0.2, -0.15) is 5.10 Å². The molecular formula is C19H26N4O2. The number of fused-ring (bicyclic) bond motifs is 1. The molecule has 25 heavy (non-hydrogen) atoms. The molecule has 0 radical (unpaired) electrons. The number of nitrogens with one attached hydrogen (secondary N) is 1. The molecule has 0 aliphatic carbocycles. The van der Waals surface area contributed by atoms with E-state index in [1.54, 1.807) is 15.6 Å². The number of carbonyl (C=O) groups excluding carboxylic acids is 1. The fourth-order valence-electron chi connectivity index (χ4n) is 3.54. The van der Waals surface area contributed by atoms with Crippen LogP contribution in [-0.4, -0.2) is 47.3 Å². The first-order valence-corrected chi connectivity index (χ1v) is 9.09. The molecule has 1 aromatic heterocycles. The third-order valence-corrected chi connectivity index (χ3v) is 5.07. The Morgan fingerprint density at radius 1 is 1.28 bits per heavy atom. The van der Waals surface area contributed by atoms with E-state index in [4.69, 9.17) is 0 Å². The normalized spacial score (nSPS) is 15.7. The van der Waals surface area contributed by atoms with Crippen LogP contribution in [0.15, 0.2) is 29.1 Å². The molecule has 1 aliphatic rings. The van der Waals surface area contributed by atoms with Gasteiger partial charge in [0.25, 0.3) is 5.91 Å². The number of likely N-dealkylation sites (tertiary alicyclic amines) is 1. The van der Waals surface area contributed by atoms with Crippen molar-refractivity contribution in [1.29, 1.82) is 0 Å². The lowest BCUT2D eigenvalue weighted by Crippen LogP contribution is -2.41. The van der Waals surface area contributed by atoms with Crippen molar-refractivity contribution in [3.8, 4) is 0 Å². The number of nitrogens with zero attached hydrogens (tertiary/aromatic N) is 3. The Labute approximate surface area is 147 Å².